The first-order valence-corrected chi connectivity index (χ1v) is 6.61. The number of rotatable bonds is 3. The second kappa shape index (κ2) is 5.74. The van der Waals surface area contributed by atoms with Gasteiger partial charge in [-0.1, -0.05) is 28.9 Å². The standard InChI is InChI=1S/C14H11BrF3N/c1-8(12-4-2-3-5-19-12)13(15)9-6-10(16)14(18)11(17)7-9/h2-8,13H,1H3. The molecule has 1 aromatic heterocycles. The van der Waals surface area contributed by atoms with Gasteiger partial charge in [0.2, 0.25) is 0 Å². The fourth-order valence-corrected chi connectivity index (χ4v) is 2.35. The molecular weight excluding hydrogens is 319 g/mol. The van der Waals surface area contributed by atoms with Crippen molar-refractivity contribution >= 4 is 15.9 Å². The second-order valence-corrected chi connectivity index (χ2v) is 5.23. The third-order valence-electron chi connectivity index (χ3n) is 2.92. The van der Waals surface area contributed by atoms with Crippen LogP contribution in [0, 0.1) is 17.5 Å². The van der Waals surface area contributed by atoms with Gasteiger partial charge in [-0.2, -0.15) is 0 Å². The van der Waals surface area contributed by atoms with Crippen molar-refractivity contribution < 1.29 is 13.2 Å². The molecule has 5 heteroatoms. The average molecular weight is 330 g/mol. The molecule has 0 aliphatic rings. The summed E-state index contributed by atoms with van der Waals surface area (Å²) in [5, 5.41) is 0. The van der Waals surface area contributed by atoms with E-state index in [0.717, 1.165) is 17.8 Å². The number of hydrogen-bond acceptors (Lipinski definition) is 1. The van der Waals surface area contributed by atoms with E-state index in [-0.39, 0.29) is 10.7 Å². The maximum Gasteiger partial charge on any atom is 0.194 e. The van der Waals surface area contributed by atoms with Gasteiger partial charge in [-0.25, -0.2) is 13.2 Å². The minimum Gasteiger partial charge on any atom is -0.261 e. The summed E-state index contributed by atoms with van der Waals surface area (Å²) in [6, 6.07) is 7.45. The molecule has 1 aromatic carbocycles. The molecule has 0 N–H and O–H groups in total. The fourth-order valence-electron chi connectivity index (χ4n) is 1.82. The van der Waals surface area contributed by atoms with Crippen LogP contribution in [0.3, 0.4) is 0 Å². The second-order valence-electron chi connectivity index (χ2n) is 4.24. The minimum atomic E-state index is -1.45. The summed E-state index contributed by atoms with van der Waals surface area (Å²) in [4.78, 5) is 3.84. The lowest BCUT2D eigenvalue weighted by atomic mass is 9.97. The molecule has 2 aromatic rings. The minimum absolute atomic E-state index is 0.106. The summed E-state index contributed by atoms with van der Waals surface area (Å²) >= 11 is 3.39. The SMILES string of the molecule is CC(c1ccccn1)C(Br)c1cc(F)c(F)c(F)c1. The quantitative estimate of drug-likeness (QED) is 0.585. The van der Waals surface area contributed by atoms with Crippen molar-refractivity contribution in [3.63, 3.8) is 0 Å². The van der Waals surface area contributed by atoms with Crippen LogP contribution in [0.15, 0.2) is 36.5 Å². The van der Waals surface area contributed by atoms with Gasteiger partial charge in [0.05, 0.1) is 0 Å². The Kier molecular flexibility index (Phi) is 4.24. The zero-order valence-electron chi connectivity index (χ0n) is 10.1. The summed E-state index contributed by atoms with van der Waals surface area (Å²) < 4.78 is 39.4. The first kappa shape index (κ1) is 14.1. The Morgan fingerprint density at radius 1 is 1.11 bits per heavy atom. The predicted octanol–water partition coefficient (Wildman–Crippen LogP) is 4.74. The summed E-state index contributed by atoms with van der Waals surface area (Å²) in [6.45, 7) is 1.88. The van der Waals surface area contributed by atoms with E-state index >= 15 is 0 Å². The van der Waals surface area contributed by atoms with Crippen LogP contribution in [0.5, 0.6) is 0 Å². The number of nitrogens with zero attached hydrogens (tertiary/aromatic N) is 1. The maximum atomic E-state index is 13.2. The molecule has 19 heavy (non-hydrogen) atoms. The van der Waals surface area contributed by atoms with Crippen molar-refractivity contribution in [2.24, 2.45) is 0 Å². The van der Waals surface area contributed by atoms with Gasteiger partial charge >= 0.3 is 0 Å². The molecule has 0 amide bonds. The molecule has 0 bridgehead atoms. The molecule has 0 radical (unpaired) electrons. The molecule has 1 nitrogen and oxygen atoms in total. The van der Waals surface area contributed by atoms with Gasteiger partial charge in [-0.3, -0.25) is 4.98 Å². The third kappa shape index (κ3) is 2.97. The van der Waals surface area contributed by atoms with Crippen molar-refractivity contribution in [1.82, 2.24) is 4.98 Å². The average Bonchev–Trinajstić information content (AvgIpc) is 2.43. The van der Waals surface area contributed by atoms with Gasteiger partial charge in [0.15, 0.2) is 17.5 Å². The van der Waals surface area contributed by atoms with Crippen LogP contribution in [0.25, 0.3) is 0 Å². The Morgan fingerprint density at radius 3 is 2.26 bits per heavy atom. The molecule has 0 saturated heterocycles. The smallest absolute Gasteiger partial charge is 0.194 e. The van der Waals surface area contributed by atoms with Crippen molar-refractivity contribution in [3.05, 3.63) is 65.2 Å². The highest BCUT2D eigenvalue weighted by molar-refractivity contribution is 9.09. The third-order valence-corrected chi connectivity index (χ3v) is 4.24. The highest BCUT2D eigenvalue weighted by atomic mass is 79.9. The van der Waals surface area contributed by atoms with E-state index in [1.165, 1.54) is 0 Å². The van der Waals surface area contributed by atoms with E-state index < -0.39 is 17.5 Å². The number of pyridine rings is 1. The lowest BCUT2D eigenvalue weighted by molar-refractivity contribution is 0.444. The summed E-state index contributed by atoms with van der Waals surface area (Å²) in [6.07, 6.45) is 1.65. The monoisotopic (exact) mass is 329 g/mol. The molecule has 2 unspecified atom stereocenters. The van der Waals surface area contributed by atoms with Crippen molar-refractivity contribution in [2.75, 3.05) is 0 Å². The Bertz CT molecular complexity index is 551. The van der Waals surface area contributed by atoms with Crippen LogP contribution in [0.1, 0.15) is 28.9 Å². The van der Waals surface area contributed by atoms with E-state index in [4.69, 9.17) is 0 Å². The first-order valence-electron chi connectivity index (χ1n) is 5.70. The highest BCUT2D eigenvalue weighted by Gasteiger charge is 2.22. The molecule has 0 fully saturated rings. The van der Waals surface area contributed by atoms with Crippen molar-refractivity contribution in [3.8, 4) is 0 Å². The summed E-state index contributed by atoms with van der Waals surface area (Å²) in [7, 11) is 0. The normalized spacial score (nSPS) is 14.2. The molecule has 0 aliphatic carbocycles. The van der Waals surface area contributed by atoms with Crippen LogP contribution in [-0.2, 0) is 0 Å². The number of hydrogen-bond donors (Lipinski definition) is 0. The lowest BCUT2D eigenvalue weighted by Gasteiger charge is -2.18. The number of aromatic nitrogens is 1. The molecule has 0 aliphatic heterocycles. The first-order chi connectivity index (χ1) is 9.00. The summed E-state index contributed by atoms with van der Waals surface area (Å²) in [5.74, 6) is -3.93. The molecule has 0 spiro atoms. The van der Waals surface area contributed by atoms with E-state index in [1.54, 1.807) is 12.3 Å². The van der Waals surface area contributed by atoms with E-state index in [0.29, 0.717) is 5.56 Å². The van der Waals surface area contributed by atoms with E-state index in [9.17, 15) is 13.2 Å². The zero-order valence-corrected chi connectivity index (χ0v) is 11.7. The van der Waals surface area contributed by atoms with Gasteiger partial charge in [0, 0.05) is 22.6 Å². The van der Waals surface area contributed by atoms with Gasteiger partial charge in [0.1, 0.15) is 0 Å². The van der Waals surface area contributed by atoms with Gasteiger partial charge in [0.25, 0.3) is 0 Å². The maximum absolute atomic E-state index is 13.2. The number of benzene rings is 1. The predicted molar refractivity (Wildman–Crippen MR) is 70.6 cm³/mol. The van der Waals surface area contributed by atoms with Gasteiger partial charge < -0.3 is 0 Å². The molecule has 100 valence electrons. The largest absolute Gasteiger partial charge is 0.261 e. The molecule has 0 saturated carbocycles. The van der Waals surface area contributed by atoms with Crippen LogP contribution < -0.4 is 0 Å². The number of halogens is 4. The van der Waals surface area contributed by atoms with Crippen LogP contribution >= 0.6 is 15.9 Å². The van der Waals surface area contributed by atoms with Crippen LogP contribution in [-0.4, -0.2) is 4.98 Å². The molecule has 2 rings (SSSR count). The fraction of sp³-hybridized carbons (Fsp3) is 0.214. The van der Waals surface area contributed by atoms with E-state index in [1.807, 2.05) is 19.1 Å². The number of alkyl halides is 1. The Hall–Kier alpha value is -1.36. The molecular formula is C14H11BrF3N. The van der Waals surface area contributed by atoms with Gasteiger partial charge in [-0.05, 0) is 29.8 Å². The molecule has 1 heterocycles. The Labute approximate surface area is 117 Å². The van der Waals surface area contributed by atoms with Crippen LogP contribution in [0.4, 0.5) is 13.2 Å². The molecule has 2 atom stereocenters. The topological polar surface area (TPSA) is 12.9 Å². The van der Waals surface area contributed by atoms with E-state index in [2.05, 4.69) is 20.9 Å². The Balaban J connectivity index is 2.32. The lowest BCUT2D eigenvalue weighted by Crippen LogP contribution is -2.06. The van der Waals surface area contributed by atoms with Crippen molar-refractivity contribution in [2.45, 2.75) is 17.7 Å². The summed E-state index contributed by atoms with van der Waals surface area (Å²) in [5.41, 5.74) is 1.13. The zero-order chi connectivity index (χ0) is 14.0. The van der Waals surface area contributed by atoms with Crippen LogP contribution in [0.2, 0.25) is 0 Å². The Morgan fingerprint density at radius 2 is 1.74 bits per heavy atom. The van der Waals surface area contributed by atoms with Gasteiger partial charge in [-0.15, -0.1) is 0 Å². The highest BCUT2D eigenvalue weighted by Crippen LogP contribution is 2.37. The van der Waals surface area contributed by atoms with Crippen molar-refractivity contribution in [1.29, 1.82) is 0 Å².